The van der Waals surface area contributed by atoms with Gasteiger partial charge in [-0.1, -0.05) is 30.9 Å². The molecule has 0 fully saturated rings. The lowest BCUT2D eigenvalue weighted by Crippen LogP contribution is -2.18. The monoisotopic (exact) mass is 255 g/mol. The summed E-state index contributed by atoms with van der Waals surface area (Å²) in [5, 5.41) is 9.57. The Hall–Kier alpha value is -2.13. The van der Waals surface area contributed by atoms with E-state index >= 15 is 0 Å². The average molecular weight is 255 g/mol. The van der Waals surface area contributed by atoms with Crippen molar-refractivity contribution in [3.8, 4) is 11.1 Å². The summed E-state index contributed by atoms with van der Waals surface area (Å²) in [7, 11) is 1.73. The van der Waals surface area contributed by atoms with Gasteiger partial charge in [-0.2, -0.15) is 0 Å². The van der Waals surface area contributed by atoms with Gasteiger partial charge in [0.15, 0.2) is 0 Å². The number of aromatic nitrogens is 1. The Morgan fingerprint density at radius 1 is 1.42 bits per heavy atom. The SMILES string of the molecule is C=Cc1cccc(-c2cc(C)c(=O)n(C)c2)c1CO. The van der Waals surface area contributed by atoms with E-state index in [-0.39, 0.29) is 12.2 Å². The molecule has 0 saturated heterocycles. The van der Waals surface area contributed by atoms with Crippen LogP contribution >= 0.6 is 0 Å². The highest BCUT2D eigenvalue weighted by Crippen LogP contribution is 2.26. The quantitative estimate of drug-likeness (QED) is 0.915. The zero-order valence-corrected chi connectivity index (χ0v) is 11.2. The molecule has 0 aliphatic carbocycles. The topological polar surface area (TPSA) is 42.2 Å². The Labute approximate surface area is 112 Å². The molecule has 0 spiro atoms. The third kappa shape index (κ3) is 2.37. The standard InChI is InChI=1S/C16H17NO2/c1-4-12-6-5-7-14(15(12)10-18)13-8-11(2)16(19)17(3)9-13/h4-9,18H,1,10H2,2-3H3. The molecule has 0 aliphatic heterocycles. The highest BCUT2D eigenvalue weighted by Gasteiger charge is 2.09. The molecule has 19 heavy (non-hydrogen) atoms. The van der Waals surface area contributed by atoms with Crippen LogP contribution in [0.1, 0.15) is 16.7 Å². The maximum Gasteiger partial charge on any atom is 0.253 e. The van der Waals surface area contributed by atoms with E-state index in [2.05, 4.69) is 6.58 Å². The Morgan fingerprint density at radius 3 is 2.74 bits per heavy atom. The smallest absolute Gasteiger partial charge is 0.253 e. The summed E-state index contributed by atoms with van der Waals surface area (Å²) in [6, 6.07) is 7.63. The van der Waals surface area contributed by atoms with Gasteiger partial charge in [-0.15, -0.1) is 0 Å². The molecule has 0 saturated carbocycles. The number of pyridine rings is 1. The van der Waals surface area contributed by atoms with E-state index in [1.807, 2.05) is 24.3 Å². The maximum atomic E-state index is 11.7. The largest absolute Gasteiger partial charge is 0.392 e. The van der Waals surface area contributed by atoms with Gasteiger partial charge in [-0.05, 0) is 35.2 Å². The summed E-state index contributed by atoms with van der Waals surface area (Å²) in [4.78, 5) is 11.7. The maximum absolute atomic E-state index is 11.7. The Bertz CT molecular complexity index is 657. The second kappa shape index (κ2) is 5.24. The second-order valence-electron chi connectivity index (χ2n) is 4.56. The van der Waals surface area contributed by atoms with Crippen molar-refractivity contribution in [2.75, 3.05) is 0 Å². The number of rotatable bonds is 3. The number of nitrogens with zero attached hydrogens (tertiary/aromatic N) is 1. The van der Waals surface area contributed by atoms with E-state index in [4.69, 9.17) is 0 Å². The summed E-state index contributed by atoms with van der Waals surface area (Å²) in [5.41, 5.74) is 4.27. The highest BCUT2D eigenvalue weighted by molar-refractivity contribution is 5.72. The normalized spacial score (nSPS) is 10.5. The van der Waals surface area contributed by atoms with Crippen molar-refractivity contribution in [1.29, 1.82) is 0 Å². The van der Waals surface area contributed by atoms with Crippen LogP contribution in [-0.4, -0.2) is 9.67 Å². The Balaban J connectivity index is 2.72. The summed E-state index contributed by atoms with van der Waals surface area (Å²) < 4.78 is 1.56. The lowest BCUT2D eigenvalue weighted by Gasteiger charge is -2.12. The summed E-state index contributed by atoms with van der Waals surface area (Å²) in [6.45, 7) is 5.49. The van der Waals surface area contributed by atoms with Gasteiger partial charge >= 0.3 is 0 Å². The molecule has 1 heterocycles. The van der Waals surface area contributed by atoms with Crippen LogP contribution in [-0.2, 0) is 13.7 Å². The predicted octanol–water partition coefficient (Wildman–Crippen LogP) is 2.50. The molecule has 0 amide bonds. The number of aliphatic hydroxyl groups excluding tert-OH is 1. The number of benzene rings is 1. The van der Waals surface area contributed by atoms with E-state index in [0.717, 1.165) is 22.3 Å². The van der Waals surface area contributed by atoms with Gasteiger partial charge in [-0.3, -0.25) is 4.79 Å². The fraction of sp³-hybridized carbons (Fsp3) is 0.188. The third-order valence-electron chi connectivity index (χ3n) is 3.26. The minimum absolute atomic E-state index is 0.00539. The number of hydrogen-bond donors (Lipinski definition) is 1. The van der Waals surface area contributed by atoms with Crippen LogP contribution < -0.4 is 5.56 Å². The van der Waals surface area contributed by atoms with E-state index in [9.17, 15) is 9.90 Å². The van der Waals surface area contributed by atoms with Crippen molar-refractivity contribution in [3.05, 3.63) is 64.1 Å². The van der Waals surface area contributed by atoms with Crippen LogP contribution in [0, 0.1) is 6.92 Å². The number of aliphatic hydroxyl groups is 1. The van der Waals surface area contributed by atoms with Gasteiger partial charge in [0.1, 0.15) is 0 Å². The van der Waals surface area contributed by atoms with E-state index in [1.165, 1.54) is 0 Å². The van der Waals surface area contributed by atoms with Crippen LogP contribution in [0.2, 0.25) is 0 Å². The molecule has 0 unspecified atom stereocenters. The molecule has 1 N–H and O–H groups in total. The first kappa shape index (κ1) is 13.3. The molecule has 0 radical (unpaired) electrons. The van der Waals surface area contributed by atoms with Crippen LogP contribution in [0.5, 0.6) is 0 Å². The first-order chi connectivity index (χ1) is 9.08. The third-order valence-corrected chi connectivity index (χ3v) is 3.26. The lowest BCUT2D eigenvalue weighted by molar-refractivity contribution is 0.282. The van der Waals surface area contributed by atoms with Gasteiger partial charge < -0.3 is 9.67 Å². The number of hydrogen-bond acceptors (Lipinski definition) is 2. The van der Waals surface area contributed by atoms with Crippen molar-refractivity contribution >= 4 is 6.08 Å². The van der Waals surface area contributed by atoms with Gasteiger partial charge in [-0.25, -0.2) is 0 Å². The molecule has 1 aromatic carbocycles. The van der Waals surface area contributed by atoms with Crippen molar-refractivity contribution in [2.24, 2.45) is 7.05 Å². The van der Waals surface area contributed by atoms with Gasteiger partial charge in [0.2, 0.25) is 0 Å². The second-order valence-corrected chi connectivity index (χ2v) is 4.56. The van der Waals surface area contributed by atoms with Crippen LogP contribution in [0.15, 0.2) is 41.8 Å². The molecule has 0 atom stereocenters. The molecule has 2 rings (SSSR count). The summed E-state index contributed by atoms with van der Waals surface area (Å²) >= 11 is 0. The first-order valence-electron chi connectivity index (χ1n) is 6.11. The highest BCUT2D eigenvalue weighted by atomic mass is 16.3. The van der Waals surface area contributed by atoms with Crippen molar-refractivity contribution in [1.82, 2.24) is 4.57 Å². The molecule has 3 nitrogen and oxygen atoms in total. The minimum Gasteiger partial charge on any atom is -0.392 e. The van der Waals surface area contributed by atoms with E-state index < -0.39 is 0 Å². The Kier molecular flexibility index (Phi) is 3.67. The first-order valence-corrected chi connectivity index (χ1v) is 6.11. The van der Waals surface area contributed by atoms with E-state index in [1.54, 1.807) is 30.8 Å². The summed E-state index contributed by atoms with van der Waals surface area (Å²) in [5.74, 6) is 0. The van der Waals surface area contributed by atoms with Crippen LogP contribution in [0.4, 0.5) is 0 Å². The molecule has 2 aromatic rings. The fourth-order valence-electron chi connectivity index (χ4n) is 2.27. The molecule has 0 aliphatic rings. The molecule has 98 valence electrons. The molecule has 0 bridgehead atoms. The summed E-state index contributed by atoms with van der Waals surface area (Å²) in [6.07, 6.45) is 3.51. The molecule has 1 aromatic heterocycles. The lowest BCUT2D eigenvalue weighted by atomic mass is 9.96. The minimum atomic E-state index is -0.0561. The van der Waals surface area contributed by atoms with Crippen molar-refractivity contribution in [2.45, 2.75) is 13.5 Å². The van der Waals surface area contributed by atoms with E-state index in [0.29, 0.717) is 5.56 Å². The van der Waals surface area contributed by atoms with Crippen LogP contribution in [0.25, 0.3) is 17.2 Å². The average Bonchev–Trinajstić information content (AvgIpc) is 2.43. The number of aryl methyl sites for hydroxylation is 2. The molecule has 3 heteroatoms. The van der Waals surface area contributed by atoms with Crippen LogP contribution in [0.3, 0.4) is 0 Å². The van der Waals surface area contributed by atoms with Gasteiger partial charge in [0, 0.05) is 18.8 Å². The van der Waals surface area contributed by atoms with Gasteiger partial charge in [0.25, 0.3) is 5.56 Å². The fourth-order valence-corrected chi connectivity index (χ4v) is 2.27. The Morgan fingerprint density at radius 2 is 2.16 bits per heavy atom. The van der Waals surface area contributed by atoms with Crippen molar-refractivity contribution < 1.29 is 5.11 Å². The zero-order valence-electron chi connectivity index (χ0n) is 11.2. The van der Waals surface area contributed by atoms with Crippen molar-refractivity contribution in [3.63, 3.8) is 0 Å². The predicted molar refractivity (Wildman–Crippen MR) is 77.9 cm³/mol. The molecular formula is C16H17NO2. The zero-order chi connectivity index (χ0) is 14.0. The molecular weight excluding hydrogens is 238 g/mol. The van der Waals surface area contributed by atoms with Gasteiger partial charge in [0.05, 0.1) is 6.61 Å².